The largest absolute Gasteiger partial charge is 0.348 e. The van der Waals surface area contributed by atoms with E-state index in [0.29, 0.717) is 41.7 Å². The molecule has 0 radical (unpaired) electrons. The summed E-state index contributed by atoms with van der Waals surface area (Å²) in [5.74, 6) is -0.251. The van der Waals surface area contributed by atoms with Gasteiger partial charge in [0, 0.05) is 25.2 Å². The van der Waals surface area contributed by atoms with E-state index in [1.165, 1.54) is 6.08 Å². The zero-order chi connectivity index (χ0) is 18.7. The first-order valence-electron chi connectivity index (χ1n) is 8.24. The fourth-order valence-corrected chi connectivity index (χ4v) is 3.42. The molecule has 26 heavy (non-hydrogen) atoms. The average molecular weight is 389 g/mol. The number of rotatable bonds is 4. The number of fused-ring (bicyclic) bond motifs is 1. The molecule has 2 aromatic rings. The second-order valence-corrected chi connectivity index (χ2v) is 6.88. The minimum atomic E-state index is -0.226. The van der Waals surface area contributed by atoms with Crippen molar-refractivity contribution in [2.24, 2.45) is 0 Å². The summed E-state index contributed by atoms with van der Waals surface area (Å²) in [6.45, 7) is 4.93. The molecule has 3 rings (SSSR count). The van der Waals surface area contributed by atoms with Gasteiger partial charge in [0.05, 0.1) is 10.0 Å². The summed E-state index contributed by atoms with van der Waals surface area (Å²) in [5.41, 5.74) is 3.59. The van der Waals surface area contributed by atoms with Crippen LogP contribution in [0.3, 0.4) is 0 Å². The van der Waals surface area contributed by atoms with Gasteiger partial charge >= 0.3 is 0 Å². The summed E-state index contributed by atoms with van der Waals surface area (Å²) in [4.78, 5) is 25.8. The number of hydrogen-bond acceptors (Lipinski definition) is 2. The average Bonchev–Trinajstić information content (AvgIpc) is 2.68. The fourth-order valence-electron chi connectivity index (χ4n) is 2.96. The van der Waals surface area contributed by atoms with Crippen molar-refractivity contribution in [2.75, 3.05) is 6.54 Å². The van der Waals surface area contributed by atoms with Crippen molar-refractivity contribution >= 4 is 35.0 Å². The van der Waals surface area contributed by atoms with Crippen molar-refractivity contribution in [1.82, 2.24) is 10.2 Å². The number of carbonyl (C=O) groups is 2. The van der Waals surface area contributed by atoms with Crippen molar-refractivity contribution in [3.63, 3.8) is 0 Å². The number of benzene rings is 2. The predicted molar refractivity (Wildman–Crippen MR) is 103 cm³/mol. The molecule has 0 aromatic heterocycles. The maximum Gasteiger partial charge on any atom is 0.254 e. The van der Waals surface area contributed by atoms with Crippen LogP contribution in [0.15, 0.2) is 49.1 Å². The normalized spacial score (nSPS) is 13.1. The molecule has 4 nitrogen and oxygen atoms in total. The zero-order valence-corrected chi connectivity index (χ0v) is 15.6. The molecule has 0 saturated carbocycles. The number of nitrogens with one attached hydrogen (secondary N) is 1. The Kier molecular flexibility index (Phi) is 5.64. The molecule has 134 valence electrons. The summed E-state index contributed by atoms with van der Waals surface area (Å²) < 4.78 is 0. The second kappa shape index (κ2) is 7.94. The Morgan fingerprint density at radius 2 is 1.88 bits per heavy atom. The molecule has 6 heteroatoms. The maximum absolute atomic E-state index is 12.8. The minimum Gasteiger partial charge on any atom is -0.348 e. The summed E-state index contributed by atoms with van der Waals surface area (Å²) in [7, 11) is 0. The Hall–Kier alpha value is -2.30. The molecule has 1 N–H and O–H groups in total. The van der Waals surface area contributed by atoms with Crippen LogP contribution < -0.4 is 5.32 Å². The van der Waals surface area contributed by atoms with Crippen LogP contribution in [0.5, 0.6) is 0 Å². The Bertz CT molecular complexity index is 863. The van der Waals surface area contributed by atoms with Crippen molar-refractivity contribution in [3.8, 4) is 0 Å². The lowest BCUT2D eigenvalue weighted by atomic mass is 9.99. The Morgan fingerprint density at radius 1 is 1.15 bits per heavy atom. The number of carbonyl (C=O) groups excluding carboxylic acids is 2. The van der Waals surface area contributed by atoms with Crippen LogP contribution in [0.1, 0.15) is 27.0 Å². The quantitative estimate of drug-likeness (QED) is 0.804. The standard InChI is InChI=1S/C20H18Cl2N2O2/c1-2-18(25)23-11-13-3-5-14(6-4-13)20(26)24-10-9-16-15(12-24)7-8-17(21)19(16)22/h2-8H,1,9-12H2,(H,23,25). The summed E-state index contributed by atoms with van der Waals surface area (Å²) >= 11 is 12.3. The molecule has 1 heterocycles. The first-order valence-corrected chi connectivity index (χ1v) is 8.99. The van der Waals surface area contributed by atoms with Gasteiger partial charge in [-0.1, -0.05) is 48.0 Å². The number of hydrogen-bond donors (Lipinski definition) is 1. The topological polar surface area (TPSA) is 49.4 Å². The molecule has 0 atom stereocenters. The van der Waals surface area contributed by atoms with E-state index in [9.17, 15) is 9.59 Å². The molecule has 0 spiro atoms. The second-order valence-electron chi connectivity index (χ2n) is 6.09. The van der Waals surface area contributed by atoms with E-state index >= 15 is 0 Å². The summed E-state index contributed by atoms with van der Waals surface area (Å²) in [5, 5.41) is 3.84. The van der Waals surface area contributed by atoms with Gasteiger partial charge in [0.1, 0.15) is 0 Å². The summed E-state index contributed by atoms with van der Waals surface area (Å²) in [6, 6.07) is 10.9. The SMILES string of the molecule is C=CC(=O)NCc1ccc(C(=O)N2CCc3c(ccc(Cl)c3Cl)C2)cc1. The highest BCUT2D eigenvalue weighted by molar-refractivity contribution is 6.42. The third kappa shape index (κ3) is 3.92. The zero-order valence-electron chi connectivity index (χ0n) is 14.1. The number of halogens is 2. The minimum absolute atomic E-state index is 0.0246. The van der Waals surface area contributed by atoms with Gasteiger partial charge < -0.3 is 10.2 Å². The highest BCUT2D eigenvalue weighted by Crippen LogP contribution is 2.32. The van der Waals surface area contributed by atoms with Crippen LogP contribution in [0.4, 0.5) is 0 Å². The van der Waals surface area contributed by atoms with E-state index in [4.69, 9.17) is 23.2 Å². The van der Waals surface area contributed by atoms with E-state index in [1.54, 1.807) is 23.1 Å². The molecule has 0 aliphatic carbocycles. The number of nitrogens with zero attached hydrogens (tertiary/aromatic N) is 1. The summed E-state index contributed by atoms with van der Waals surface area (Å²) in [6.07, 6.45) is 1.91. The molecule has 1 aliphatic rings. The molecular weight excluding hydrogens is 371 g/mol. The molecule has 2 aromatic carbocycles. The van der Waals surface area contributed by atoms with Crippen molar-refractivity contribution in [1.29, 1.82) is 0 Å². The van der Waals surface area contributed by atoms with Gasteiger partial charge in [0.2, 0.25) is 5.91 Å². The highest BCUT2D eigenvalue weighted by atomic mass is 35.5. The van der Waals surface area contributed by atoms with Crippen LogP contribution >= 0.6 is 23.2 Å². The molecule has 0 saturated heterocycles. The van der Waals surface area contributed by atoms with Gasteiger partial charge in [-0.2, -0.15) is 0 Å². The van der Waals surface area contributed by atoms with Crippen LogP contribution in [-0.2, 0) is 24.3 Å². The lowest BCUT2D eigenvalue weighted by Gasteiger charge is -2.29. The van der Waals surface area contributed by atoms with E-state index < -0.39 is 0 Å². The van der Waals surface area contributed by atoms with Crippen molar-refractivity contribution in [3.05, 3.63) is 81.4 Å². The monoisotopic (exact) mass is 388 g/mol. The molecule has 2 amide bonds. The molecule has 0 bridgehead atoms. The Balaban J connectivity index is 1.69. The van der Waals surface area contributed by atoms with Gasteiger partial charge in [-0.25, -0.2) is 0 Å². The molecule has 0 unspecified atom stereocenters. The lowest BCUT2D eigenvalue weighted by molar-refractivity contribution is -0.116. The Labute approximate surface area is 162 Å². The smallest absolute Gasteiger partial charge is 0.254 e. The van der Waals surface area contributed by atoms with E-state index in [-0.39, 0.29) is 11.8 Å². The predicted octanol–water partition coefficient (Wildman–Crippen LogP) is 3.99. The van der Waals surface area contributed by atoms with E-state index in [1.807, 2.05) is 18.2 Å². The van der Waals surface area contributed by atoms with E-state index in [0.717, 1.165) is 16.7 Å². The lowest BCUT2D eigenvalue weighted by Crippen LogP contribution is -2.36. The van der Waals surface area contributed by atoms with Gasteiger partial charge in [0.15, 0.2) is 0 Å². The van der Waals surface area contributed by atoms with Gasteiger partial charge in [0.25, 0.3) is 5.91 Å². The molecule has 0 fully saturated rings. The fraction of sp³-hybridized carbons (Fsp3) is 0.200. The molecular formula is C20H18Cl2N2O2. The maximum atomic E-state index is 12.8. The first-order chi connectivity index (χ1) is 12.5. The Morgan fingerprint density at radius 3 is 2.58 bits per heavy atom. The van der Waals surface area contributed by atoms with Crippen molar-refractivity contribution < 1.29 is 9.59 Å². The first kappa shape index (κ1) is 18.5. The third-order valence-electron chi connectivity index (χ3n) is 4.43. The van der Waals surface area contributed by atoms with Crippen LogP contribution in [0.2, 0.25) is 10.0 Å². The highest BCUT2D eigenvalue weighted by Gasteiger charge is 2.24. The van der Waals surface area contributed by atoms with Crippen LogP contribution in [0.25, 0.3) is 0 Å². The third-order valence-corrected chi connectivity index (χ3v) is 5.27. The van der Waals surface area contributed by atoms with Gasteiger partial charge in [-0.05, 0) is 47.4 Å². The van der Waals surface area contributed by atoms with E-state index in [2.05, 4.69) is 11.9 Å². The van der Waals surface area contributed by atoms with Gasteiger partial charge in [-0.3, -0.25) is 9.59 Å². The van der Waals surface area contributed by atoms with Crippen molar-refractivity contribution in [2.45, 2.75) is 19.5 Å². The number of amides is 2. The van der Waals surface area contributed by atoms with Crippen LogP contribution in [-0.4, -0.2) is 23.3 Å². The molecule has 1 aliphatic heterocycles. The van der Waals surface area contributed by atoms with Gasteiger partial charge in [-0.15, -0.1) is 0 Å². The van der Waals surface area contributed by atoms with Crippen LogP contribution in [0, 0.1) is 0 Å².